The van der Waals surface area contributed by atoms with Gasteiger partial charge in [0, 0.05) is 25.0 Å². The fraction of sp³-hybridized carbons (Fsp3) is 0.353. The first kappa shape index (κ1) is 14.7. The molecule has 0 radical (unpaired) electrons. The summed E-state index contributed by atoms with van der Waals surface area (Å²) in [6.45, 7) is 4.83. The van der Waals surface area contributed by atoms with Crippen molar-refractivity contribution in [3.05, 3.63) is 65.5 Å². The van der Waals surface area contributed by atoms with Gasteiger partial charge in [-0.1, -0.05) is 24.3 Å². The lowest BCUT2D eigenvalue weighted by Gasteiger charge is -2.18. The number of aliphatic hydroxyl groups is 1. The minimum Gasteiger partial charge on any atom is -0.387 e. The molecule has 106 valence electrons. The largest absolute Gasteiger partial charge is 0.387 e. The predicted octanol–water partition coefficient (Wildman–Crippen LogP) is 2.64. The molecule has 0 bridgehead atoms. The first-order valence-corrected chi connectivity index (χ1v) is 7.02. The second-order valence-electron chi connectivity index (χ2n) is 5.24. The third-order valence-corrected chi connectivity index (χ3v) is 3.54. The van der Waals surface area contributed by atoms with Crippen LogP contribution in [0.4, 0.5) is 0 Å². The lowest BCUT2D eigenvalue weighted by Crippen LogP contribution is -2.32. The van der Waals surface area contributed by atoms with E-state index in [0.717, 1.165) is 12.0 Å². The highest BCUT2D eigenvalue weighted by Crippen LogP contribution is 2.12. The number of hydrogen-bond donors (Lipinski definition) is 2. The summed E-state index contributed by atoms with van der Waals surface area (Å²) in [4.78, 5) is 3.96. The zero-order valence-electron chi connectivity index (χ0n) is 12.1. The zero-order valence-corrected chi connectivity index (χ0v) is 12.1. The molecule has 0 saturated heterocycles. The maximum atomic E-state index is 10.1. The highest BCUT2D eigenvalue weighted by atomic mass is 16.3. The molecule has 3 heteroatoms. The third kappa shape index (κ3) is 4.15. The average Bonchev–Trinajstić information content (AvgIpc) is 2.48. The first-order valence-electron chi connectivity index (χ1n) is 7.02. The molecule has 20 heavy (non-hydrogen) atoms. The number of aliphatic hydroxyl groups excluding tert-OH is 1. The van der Waals surface area contributed by atoms with E-state index in [1.807, 2.05) is 12.1 Å². The molecule has 0 aliphatic rings. The van der Waals surface area contributed by atoms with Crippen LogP contribution in [0.5, 0.6) is 0 Å². The summed E-state index contributed by atoms with van der Waals surface area (Å²) in [5.74, 6) is 0. The Morgan fingerprint density at radius 3 is 2.55 bits per heavy atom. The summed E-state index contributed by atoms with van der Waals surface area (Å²) in [6.07, 6.45) is 3.89. The number of benzene rings is 1. The van der Waals surface area contributed by atoms with Gasteiger partial charge in [0.25, 0.3) is 0 Å². The maximum Gasteiger partial charge on any atom is 0.0915 e. The maximum absolute atomic E-state index is 10.1. The van der Waals surface area contributed by atoms with Gasteiger partial charge in [0.05, 0.1) is 6.10 Å². The smallest absolute Gasteiger partial charge is 0.0915 e. The summed E-state index contributed by atoms with van der Waals surface area (Å²) in [6, 6.07) is 12.4. The molecular formula is C17H22N2O. The quantitative estimate of drug-likeness (QED) is 0.848. The van der Waals surface area contributed by atoms with E-state index in [1.165, 1.54) is 11.1 Å². The molecular weight excluding hydrogens is 248 g/mol. The van der Waals surface area contributed by atoms with E-state index in [9.17, 15) is 5.11 Å². The molecule has 0 aliphatic heterocycles. The second kappa shape index (κ2) is 7.17. The number of hydrogen-bond acceptors (Lipinski definition) is 3. The summed E-state index contributed by atoms with van der Waals surface area (Å²) in [5.41, 5.74) is 3.57. The van der Waals surface area contributed by atoms with Crippen molar-refractivity contribution in [2.24, 2.45) is 0 Å². The van der Waals surface area contributed by atoms with Gasteiger partial charge in [0.2, 0.25) is 0 Å². The molecule has 0 saturated carbocycles. The third-order valence-electron chi connectivity index (χ3n) is 3.54. The monoisotopic (exact) mass is 270 g/mol. The van der Waals surface area contributed by atoms with Crippen molar-refractivity contribution >= 4 is 0 Å². The van der Waals surface area contributed by atoms with Gasteiger partial charge in [-0.15, -0.1) is 0 Å². The van der Waals surface area contributed by atoms with E-state index in [0.29, 0.717) is 12.6 Å². The van der Waals surface area contributed by atoms with Crippen molar-refractivity contribution in [2.75, 3.05) is 6.54 Å². The van der Waals surface area contributed by atoms with Crippen molar-refractivity contribution in [2.45, 2.75) is 32.4 Å². The normalized spacial score (nSPS) is 13.9. The summed E-state index contributed by atoms with van der Waals surface area (Å²) in [7, 11) is 0. The minimum absolute atomic E-state index is 0.326. The Bertz CT molecular complexity index is 528. The molecule has 0 fully saturated rings. The van der Waals surface area contributed by atoms with Crippen LogP contribution in [0.1, 0.15) is 29.7 Å². The average molecular weight is 270 g/mol. The van der Waals surface area contributed by atoms with Crippen LogP contribution in [-0.4, -0.2) is 22.7 Å². The van der Waals surface area contributed by atoms with E-state index in [4.69, 9.17) is 0 Å². The van der Waals surface area contributed by atoms with Crippen LogP contribution in [0.3, 0.4) is 0 Å². The van der Waals surface area contributed by atoms with Crippen molar-refractivity contribution in [1.29, 1.82) is 0 Å². The minimum atomic E-state index is -0.489. The summed E-state index contributed by atoms with van der Waals surface area (Å²) >= 11 is 0. The van der Waals surface area contributed by atoms with Crippen LogP contribution in [-0.2, 0) is 6.42 Å². The van der Waals surface area contributed by atoms with Crippen LogP contribution in [0.2, 0.25) is 0 Å². The highest BCUT2D eigenvalue weighted by Gasteiger charge is 2.10. The Labute approximate surface area is 120 Å². The fourth-order valence-electron chi connectivity index (χ4n) is 2.26. The van der Waals surface area contributed by atoms with Crippen LogP contribution >= 0.6 is 0 Å². The van der Waals surface area contributed by atoms with Gasteiger partial charge in [0.1, 0.15) is 0 Å². The second-order valence-corrected chi connectivity index (χ2v) is 5.24. The van der Waals surface area contributed by atoms with Crippen molar-refractivity contribution < 1.29 is 5.11 Å². The molecule has 2 atom stereocenters. The van der Waals surface area contributed by atoms with Gasteiger partial charge in [-0.25, -0.2) is 0 Å². The van der Waals surface area contributed by atoms with E-state index >= 15 is 0 Å². The van der Waals surface area contributed by atoms with Crippen molar-refractivity contribution in [3.63, 3.8) is 0 Å². The van der Waals surface area contributed by atoms with Gasteiger partial charge in [0.15, 0.2) is 0 Å². The van der Waals surface area contributed by atoms with E-state index < -0.39 is 6.10 Å². The molecule has 0 aliphatic carbocycles. The molecule has 1 aromatic heterocycles. The number of rotatable bonds is 6. The number of pyridine rings is 1. The highest BCUT2D eigenvalue weighted by molar-refractivity contribution is 5.26. The lowest BCUT2D eigenvalue weighted by molar-refractivity contribution is 0.170. The first-order chi connectivity index (χ1) is 9.66. The van der Waals surface area contributed by atoms with E-state index in [1.54, 1.807) is 12.4 Å². The molecule has 0 amide bonds. The molecule has 2 N–H and O–H groups in total. The summed E-state index contributed by atoms with van der Waals surface area (Å²) < 4.78 is 0. The molecule has 2 rings (SSSR count). The van der Waals surface area contributed by atoms with Gasteiger partial charge < -0.3 is 10.4 Å². The Hall–Kier alpha value is -1.71. The number of aryl methyl sites for hydroxylation is 1. The zero-order chi connectivity index (χ0) is 14.4. The van der Waals surface area contributed by atoms with Crippen LogP contribution in [0.25, 0.3) is 0 Å². The molecule has 2 aromatic rings. The van der Waals surface area contributed by atoms with E-state index in [-0.39, 0.29) is 0 Å². The topological polar surface area (TPSA) is 45.1 Å². The Kier molecular flexibility index (Phi) is 5.27. The number of nitrogens with one attached hydrogen (secondary N) is 1. The molecule has 3 nitrogen and oxygen atoms in total. The van der Waals surface area contributed by atoms with Crippen LogP contribution < -0.4 is 5.32 Å². The SMILES string of the molecule is Cc1ccccc1C[C@H](C)NC[C@@H](O)c1ccncc1. The standard InChI is InChI=1S/C17H22N2O/c1-13-5-3-4-6-16(13)11-14(2)19-12-17(20)15-7-9-18-10-8-15/h3-10,14,17,19-20H,11-12H2,1-2H3/t14-,17+/m0/s1. The Morgan fingerprint density at radius 1 is 1.15 bits per heavy atom. The predicted molar refractivity (Wildman–Crippen MR) is 81.5 cm³/mol. The van der Waals surface area contributed by atoms with Crippen LogP contribution in [0.15, 0.2) is 48.8 Å². The van der Waals surface area contributed by atoms with Crippen molar-refractivity contribution in [3.8, 4) is 0 Å². The fourth-order valence-corrected chi connectivity index (χ4v) is 2.26. The van der Waals surface area contributed by atoms with Gasteiger partial charge in [-0.2, -0.15) is 0 Å². The Morgan fingerprint density at radius 2 is 1.85 bits per heavy atom. The number of aromatic nitrogens is 1. The van der Waals surface area contributed by atoms with Crippen molar-refractivity contribution in [1.82, 2.24) is 10.3 Å². The summed E-state index contributed by atoms with van der Waals surface area (Å²) in [5, 5.41) is 13.5. The molecule has 1 aromatic carbocycles. The van der Waals surface area contributed by atoms with Crippen LogP contribution in [0, 0.1) is 6.92 Å². The molecule has 0 unspecified atom stereocenters. The molecule has 0 spiro atoms. The lowest BCUT2D eigenvalue weighted by atomic mass is 10.0. The van der Waals surface area contributed by atoms with Gasteiger partial charge in [-0.05, 0) is 49.1 Å². The van der Waals surface area contributed by atoms with E-state index in [2.05, 4.69) is 48.4 Å². The molecule has 1 heterocycles. The number of nitrogens with zero attached hydrogens (tertiary/aromatic N) is 1. The van der Waals surface area contributed by atoms with Gasteiger partial charge >= 0.3 is 0 Å². The Balaban J connectivity index is 1.84. The van der Waals surface area contributed by atoms with Gasteiger partial charge in [-0.3, -0.25) is 4.98 Å².